The van der Waals surface area contributed by atoms with Crippen molar-refractivity contribution in [1.82, 2.24) is 4.90 Å². The lowest BCUT2D eigenvalue weighted by molar-refractivity contribution is -0.0226. The zero-order valence-electron chi connectivity index (χ0n) is 14.3. The second-order valence-electron chi connectivity index (χ2n) is 6.76. The third kappa shape index (κ3) is 4.55. The minimum absolute atomic E-state index is 0.249. The molecule has 0 amide bonds. The van der Waals surface area contributed by atoms with Gasteiger partial charge in [-0.15, -0.1) is 0 Å². The Morgan fingerprint density at radius 3 is 2.56 bits per heavy atom. The van der Waals surface area contributed by atoms with Gasteiger partial charge in [-0.2, -0.15) is 0 Å². The van der Waals surface area contributed by atoms with E-state index in [1.807, 2.05) is 6.07 Å². The highest BCUT2D eigenvalue weighted by Gasteiger charge is 2.32. The van der Waals surface area contributed by atoms with Crippen molar-refractivity contribution in [2.24, 2.45) is 0 Å². The van der Waals surface area contributed by atoms with Gasteiger partial charge in [-0.1, -0.05) is 12.1 Å². The van der Waals surface area contributed by atoms with E-state index in [1.54, 1.807) is 25.3 Å². The van der Waals surface area contributed by atoms with Crippen molar-refractivity contribution < 1.29 is 18.6 Å². The van der Waals surface area contributed by atoms with Crippen molar-refractivity contribution in [3.63, 3.8) is 0 Å². The molecule has 134 valence electrons. The maximum Gasteiger partial charge on any atom is 0.127 e. The molecule has 1 heterocycles. The molecule has 0 atom stereocenters. The minimum Gasteiger partial charge on any atom is -0.497 e. The summed E-state index contributed by atoms with van der Waals surface area (Å²) >= 11 is 0. The summed E-state index contributed by atoms with van der Waals surface area (Å²) in [5.74, 6) is 0.101. The number of rotatable bonds is 5. The molecule has 0 bridgehead atoms. The van der Waals surface area contributed by atoms with Crippen LogP contribution in [0.4, 0.5) is 8.78 Å². The quantitative estimate of drug-likeness (QED) is 0.898. The first kappa shape index (κ1) is 17.8. The summed E-state index contributed by atoms with van der Waals surface area (Å²) in [5, 5.41) is 10.8. The zero-order valence-corrected chi connectivity index (χ0v) is 14.3. The van der Waals surface area contributed by atoms with Gasteiger partial charge in [0, 0.05) is 31.6 Å². The van der Waals surface area contributed by atoms with Crippen LogP contribution < -0.4 is 4.74 Å². The van der Waals surface area contributed by atoms with Crippen molar-refractivity contribution in [2.45, 2.75) is 31.4 Å². The van der Waals surface area contributed by atoms with E-state index in [4.69, 9.17) is 4.74 Å². The zero-order chi connectivity index (χ0) is 17.9. The summed E-state index contributed by atoms with van der Waals surface area (Å²) in [6, 6.07) is 11.1. The molecule has 1 saturated heterocycles. The summed E-state index contributed by atoms with van der Waals surface area (Å²) < 4.78 is 32.4. The summed E-state index contributed by atoms with van der Waals surface area (Å²) in [4.78, 5) is 2.12. The molecule has 0 unspecified atom stereocenters. The average molecular weight is 347 g/mol. The van der Waals surface area contributed by atoms with Gasteiger partial charge in [-0.05, 0) is 48.7 Å². The second kappa shape index (κ2) is 7.50. The van der Waals surface area contributed by atoms with Crippen LogP contribution in [0.15, 0.2) is 42.5 Å². The van der Waals surface area contributed by atoms with Crippen LogP contribution in [0.5, 0.6) is 5.75 Å². The first-order valence-corrected chi connectivity index (χ1v) is 8.49. The Labute approximate surface area is 146 Å². The van der Waals surface area contributed by atoms with Gasteiger partial charge in [0.05, 0.1) is 12.7 Å². The molecule has 2 aromatic carbocycles. The molecule has 0 saturated carbocycles. The number of halogens is 2. The average Bonchev–Trinajstić information content (AvgIpc) is 2.59. The van der Waals surface area contributed by atoms with E-state index in [-0.39, 0.29) is 11.6 Å². The normalized spacial score (nSPS) is 17.4. The van der Waals surface area contributed by atoms with Crippen LogP contribution in [0.3, 0.4) is 0 Å². The molecule has 1 N–H and O–H groups in total. The molecule has 1 aliphatic heterocycles. The van der Waals surface area contributed by atoms with Gasteiger partial charge in [0.2, 0.25) is 0 Å². The van der Waals surface area contributed by atoms with Crippen molar-refractivity contribution >= 4 is 0 Å². The highest BCUT2D eigenvalue weighted by Crippen LogP contribution is 2.28. The number of likely N-dealkylation sites (tertiary alicyclic amines) is 1. The van der Waals surface area contributed by atoms with Crippen molar-refractivity contribution in [1.29, 1.82) is 0 Å². The topological polar surface area (TPSA) is 32.7 Å². The number of methoxy groups -OCH3 is 1. The van der Waals surface area contributed by atoms with E-state index in [1.165, 1.54) is 18.2 Å². The molecular weight excluding hydrogens is 324 g/mol. The van der Waals surface area contributed by atoms with Crippen LogP contribution >= 0.6 is 0 Å². The molecule has 1 fully saturated rings. The molecule has 2 aromatic rings. The van der Waals surface area contributed by atoms with E-state index < -0.39 is 5.60 Å². The fraction of sp³-hybridized carbons (Fsp3) is 0.400. The van der Waals surface area contributed by atoms with Crippen molar-refractivity contribution in [3.05, 3.63) is 65.2 Å². The Bertz CT molecular complexity index is 727. The van der Waals surface area contributed by atoms with Crippen LogP contribution in [0, 0.1) is 11.6 Å². The number of hydrogen-bond acceptors (Lipinski definition) is 3. The largest absolute Gasteiger partial charge is 0.497 e. The maximum absolute atomic E-state index is 14.0. The molecule has 25 heavy (non-hydrogen) atoms. The highest BCUT2D eigenvalue weighted by molar-refractivity contribution is 5.30. The third-order valence-corrected chi connectivity index (χ3v) is 4.86. The molecule has 3 nitrogen and oxygen atoms in total. The fourth-order valence-corrected chi connectivity index (χ4v) is 3.37. The monoisotopic (exact) mass is 347 g/mol. The van der Waals surface area contributed by atoms with E-state index >= 15 is 0 Å². The van der Waals surface area contributed by atoms with Gasteiger partial charge >= 0.3 is 0 Å². The highest BCUT2D eigenvalue weighted by atomic mass is 19.1. The molecule has 0 aromatic heterocycles. The summed E-state index contributed by atoms with van der Waals surface area (Å²) in [6.45, 7) is 1.82. The lowest BCUT2D eigenvalue weighted by Crippen LogP contribution is -2.45. The van der Waals surface area contributed by atoms with Gasteiger partial charge < -0.3 is 9.84 Å². The maximum atomic E-state index is 14.0. The third-order valence-electron chi connectivity index (χ3n) is 4.86. The van der Waals surface area contributed by atoms with Gasteiger partial charge in [-0.25, -0.2) is 8.78 Å². The number of ether oxygens (including phenoxy) is 1. The van der Waals surface area contributed by atoms with Crippen LogP contribution in [0.1, 0.15) is 24.0 Å². The SMILES string of the molecule is COc1ccc(F)c(CN2CCC(O)(Cc3cccc(F)c3)CC2)c1. The first-order chi connectivity index (χ1) is 12.0. The predicted molar refractivity (Wildman–Crippen MR) is 92.5 cm³/mol. The molecule has 1 aliphatic rings. The Balaban J connectivity index is 1.60. The van der Waals surface area contributed by atoms with Crippen LogP contribution in [0.25, 0.3) is 0 Å². The molecule has 5 heteroatoms. The predicted octanol–water partition coefficient (Wildman–Crippen LogP) is 3.54. The van der Waals surface area contributed by atoms with Crippen molar-refractivity contribution in [3.8, 4) is 5.75 Å². The van der Waals surface area contributed by atoms with E-state index in [0.717, 1.165) is 5.56 Å². The smallest absolute Gasteiger partial charge is 0.127 e. The lowest BCUT2D eigenvalue weighted by atomic mass is 9.85. The van der Waals surface area contributed by atoms with Crippen LogP contribution in [-0.2, 0) is 13.0 Å². The number of hydrogen-bond donors (Lipinski definition) is 1. The number of aliphatic hydroxyl groups is 1. The fourth-order valence-electron chi connectivity index (χ4n) is 3.37. The van der Waals surface area contributed by atoms with Gasteiger partial charge in [0.15, 0.2) is 0 Å². The summed E-state index contributed by atoms with van der Waals surface area (Å²) in [5.41, 5.74) is 0.557. The molecule has 0 radical (unpaired) electrons. The second-order valence-corrected chi connectivity index (χ2v) is 6.76. The Hall–Kier alpha value is -1.98. The number of nitrogens with zero attached hydrogens (tertiary/aromatic N) is 1. The van der Waals surface area contributed by atoms with E-state index in [2.05, 4.69) is 4.90 Å². The Kier molecular flexibility index (Phi) is 5.35. The summed E-state index contributed by atoms with van der Waals surface area (Å²) in [7, 11) is 1.56. The van der Waals surface area contributed by atoms with Gasteiger partial charge in [0.25, 0.3) is 0 Å². The lowest BCUT2D eigenvalue weighted by Gasteiger charge is -2.38. The number of benzene rings is 2. The minimum atomic E-state index is -0.836. The molecular formula is C20H23F2NO2. The molecule has 3 rings (SSSR count). The van der Waals surface area contributed by atoms with Crippen LogP contribution in [-0.4, -0.2) is 35.8 Å². The summed E-state index contributed by atoms with van der Waals surface area (Å²) in [6.07, 6.45) is 1.59. The Morgan fingerprint density at radius 1 is 1.12 bits per heavy atom. The standard InChI is InChI=1S/C20H23F2NO2/c1-25-18-5-6-19(22)16(12-18)14-23-9-7-20(24,8-10-23)13-15-3-2-4-17(21)11-15/h2-6,11-12,24H,7-10,13-14H2,1H3. The molecule has 0 aliphatic carbocycles. The van der Waals surface area contributed by atoms with Gasteiger partial charge in [-0.3, -0.25) is 4.90 Å². The van der Waals surface area contributed by atoms with Crippen molar-refractivity contribution in [2.75, 3.05) is 20.2 Å². The van der Waals surface area contributed by atoms with E-state index in [9.17, 15) is 13.9 Å². The van der Waals surface area contributed by atoms with Gasteiger partial charge in [0.1, 0.15) is 17.4 Å². The van der Waals surface area contributed by atoms with E-state index in [0.29, 0.717) is 50.2 Å². The molecule has 0 spiro atoms. The number of piperidine rings is 1. The van der Waals surface area contributed by atoms with Crippen LogP contribution in [0.2, 0.25) is 0 Å². The first-order valence-electron chi connectivity index (χ1n) is 8.49. The Morgan fingerprint density at radius 2 is 1.88 bits per heavy atom.